The summed E-state index contributed by atoms with van der Waals surface area (Å²) in [4.78, 5) is 0. The first-order chi connectivity index (χ1) is 6.98. The van der Waals surface area contributed by atoms with Crippen LogP contribution in [-0.4, -0.2) is 26.6 Å². The van der Waals surface area contributed by atoms with Crippen LogP contribution in [0.25, 0.3) is 0 Å². The number of sulfonamides is 1. The molecule has 0 aliphatic rings. The van der Waals surface area contributed by atoms with Crippen LogP contribution in [0.5, 0.6) is 0 Å². The standard InChI is InChI=1S/C10H22ClNO2S/c1-10(2)9-15(13,14)12-8-6-4-3-5-7-11/h10,12H,3-9H2,1-2H3. The molecule has 0 bridgehead atoms. The zero-order valence-corrected chi connectivity index (χ0v) is 11.2. The van der Waals surface area contributed by atoms with Gasteiger partial charge in [-0.2, -0.15) is 0 Å². The van der Waals surface area contributed by atoms with Crippen LogP contribution >= 0.6 is 11.6 Å². The number of hydrogen-bond donors (Lipinski definition) is 1. The van der Waals surface area contributed by atoms with Crippen molar-refractivity contribution in [2.45, 2.75) is 39.5 Å². The molecule has 0 saturated heterocycles. The topological polar surface area (TPSA) is 46.2 Å². The molecule has 0 aromatic carbocycles. The quantitative estimate of drug-likeness (QED) is 0.508. The molecule has 3 nitrogen and oxygen atoms in total. The van der Waals surface area contributed by atoms with Gasteiger partial charge in [0.05, 0.1) is 5.75 Å². The molecular formula is C10H22ClNO2S. The fourth-order valence-electron chi connectivity index (χ4n) is 1.30. The third-order valence-electron chi connectivity index (χ3n) is 1.94. The average Bonchev–Trinajstić information content (AvgIpc) is 2.08. The van der Waals surface area contributed by atoms with Crippen molar-refractivity contribution in [2.75, 3.05) is 18.2 Å². The van der Waals surface area contributed by atoms with Gasteiger partial charge in [-0.25, -0.2) is 13.1 Å². The van der Waals surface area contributed by atoms with E-state index in [0.717, 1.165) is 25.7 Å². The van der Waals surface area contributed by atoms with Gasteiger partial charge in [0.15, 0.2) is 0 Å². The van der Waals surface area contributed by atoms with Crippen molar-refractivity contribution in [1.82, 2.24) is 4.72 Å². The first-order valence-electron chi connectivity index (χ1n) is 5.51. The second-order valence-corrected chi connectivity index (χ2v) is 6.40. The smallest absolute Gasteiger partial charge is 0.211 e. The van der Waals surface area contributed by atoms with Crippen LogP contribution in [0.2, 0.25) is 0 Å². The summed E-state index contributed by atoms with van der Waals surface area (Å²) in [5, 5.41) is 0. The lowest BCUT2D eigenvalue weighted by molar-refractivity contribution is 0.561. The van der Waals surface area contributed by atoms with Gasteiger partial charge < -0.3 is 0 Å². The molecule has 0 heterocycles. The molecule has 15 heavy (non-hydrogen) atoms. The molecule has 0 aromatic heterocycles. The minimum absolute atomic E-state index is 0.179. The summed E-state index contributed by atoms with van der Waals surface area (Å²) in [5.74, 6) is 1.09. The van der Waals surface area contributed by atoms with Gasteiger partial charge >= 0.3 is 0 Å². The van der Waals surface area contributed by atoms with Gasteiger partial charge in [-0.05, 0) is 18.8 Å². The molecule has 0 aromatic rings. The largest absolute Gasteiger partial charge is 0.215 e. The van der Waals surface area contributed by atoms with Crippen molar-refractivity contribution in [3.05, 3.63) is 0 Å². The van der Waals surface area contributed by atoms with E-state index in [4.69, 9.17) is 11.6 Å². The lowest BCUT2D eigenvalue weighted by Gasteiger charge is -2.08. The molecule has 0 unspecified atom stereocenters. The van der Waals surface area contributed by atoms with E-state index in [2.05, 4.69) is 4.72 Å². The fourth-order valence-corrected chi connectivity index (χ4v) is 2.94. The molecule has 0 spiro atoms. The summed E-state index contributed by atoms with van der Waals surface area (Å²) >= 11 is 5.53. The van der Waals surface area contributed by atoms with E-state index < -0.39 is 10.0 Å². The van der Waals surface area contributed by atoms with Crippen LogP contribution < -0.4 is 4.72 Å². The molecule has 0 fully saturated rings. The number of rotatable bonds is 9. The highest BCUT2D eigenvalue weighted by atomic mass is 35.5. The summed E-state index contributed by atoms with van der Waals surface area (Å²) in [6.07, 6.45) is 4.03. The van der Waals surface area contributed by atoms with Gasteiger partial charge in [0.25, 0.3) is 0 Å². The van der Waals surface area contributed by atoms with Gasteiger partial charge in [-0.15, -0.1) is 11.6 Å². The van der Waals surface area contributed by atoms with Gasteiger partial charge in [-0.1, -0.05) is 26.7 Å². The molecule has 0 rings (SSSR count). The lowest BCUT2D eigenvalue weighted by atomic mass is 10.2. The Balaban J connectivity index is 3.50. The second kappa shape index (κ2) is 8.36. The van der Waals surface area contributed by atoms with Crippen LogP contribution in [0.15, 0.2) is 0 Å². The zero-order chi connectivity index (χ0) is 11.7. The monoisotopic (exact) mass is 255 g/mol. The van der Waals surface area contributed by atoms with E-state index >= 15 is 0 Å². The Labute approximate surface area is 98.6 Å². The number of nitrogens with one attached hydrogen (secondary N) is 1. The summed E-state index contributed by atoms with van der Waals surface area (Å²) in [6.45, 7) is 4.36. The minimum atomic E-state index is -3.05. The molecular weight excluding hydrogens is 234 g/mol. The van der Waals surface area contributed by atoms with Gasteiger partial charge in [-0.3, -0.25) is 0 Å². The molecule has 0 amide bonds. The van der Waals surface area contributed by atoms with E-state index in [-0.39, 0.29) is 11.7 Å². The van der Waals surface area contributed by atoms with Crippen molar-refractivity contribution >= 4 is 21.6 Å². The molecule has 0 radical (unpaired) electrons. The van der Waals surface area contributed by atoms with E-state index in [1.54, 1.807) is 0 Å². The van der Waals surface area contributed by atoms with E-state index in [1.165, 1.54) is 0 Å². The summed E-state index contributed by atoms with van der Waals surface area (Å²) in [6, 6.07) is 0. The number of alkyl halides is 1. The van der Waals surface area contributed by atoms with Gasteiger partial charge in [0, 0.05) is 12.4 Å². The maximum atomic E-state index is 11.4. The highest BCUT2D eigenvalue weighted by molar-refractivity contribution is 7.89. The summed E-state index contributed by atoms with van der Waals surface area (Å²) < 4.78 is 25.4. The molecule has 0 atom stereocenters. The SMILES string of the molecule is CC(C)CS(=O)(=O)NCCCCCCCl. The zero-order valence-electron chi connectivity index (χ0n) is 9.63. The third kappa shape index (κ3) is 10.5. The lowest BCUT2D eigenvalue weighted by Crippen LogP contribution is -2.29. The molecule has 0 saturated carbocycles. The van der Waals surface area contributed by atoms with Crippen molar-refractivity contribution in [2.24, 2.45) is 5.92 Å². The maximum absolute atomic E-state index is 11.4. The highest BCUT2D eigenvalue weighted by Crippen LogP contribution is 2.01. The highest BCUT2D eigenvalue weighted by Gasteiger charge is 2.11. The van der Waals surface area contributed by atoms with Crippen LogP contribution in [0, 0.1) is 5.92 Å². The van der Waals surface area contributed by atoms with Crippen molar-refractivity contribution < 1.29 is 8.42 Å². The van der Waals surface area contributed by atoms with Crippen LogP contribution in [0.3, 0.4) is 0 Å². The Morgan fingerprint density at radius 1 is 1.13 bits per heavy atom. The Bertz CT molecular complexity index is 240. The van der Waals surface area contributed by atoms with Crippen LogP contribution in [-0.2, 0) is 10.0 Å². The van der Waals surface area contributed by atoms with Crippen molar-refractivity contribution in [3.63, 3.8) is 0 Å². The summed E-state index contributed by atoms with van der Waals surface area (Å²) in [7, 11) is -3.05. The van der Waals surface area contributed by atoms with Crippen LogP contribution in [0.4, 0.5) is 0 Å². The maximum Gasteiger partial charge on any atom is 0.211 e. The Morgan fingerprint density at radius 3 is 2.27 bits per heavy atom. The first-order valence-corrected chi connectivity index (χ1v) is 7.70. The average molecular weight is 256 g/mol. The van der Waals surface area contributed by atoms with E-state index in [9.17, 15) is 8.42 Å². The van der Waals surface area contributed by atoms with Crippen molar-refractivity contribution in [3.8, 4) is 0 Å². The predicted octanol–water partition coefficient (Wildman–Crippen LogP) is 2.36. The van der Waals surface area contributed by atoms with Crippen molar-refractivity contribution in [1.29, 1.82) is 0 Å². The third-order valence-corrected chi connectivity index (χ3v) is 3.95. The Kier molecular flexibility index (Phi) is 8.47. The van der Waals surface area contributed by atoms with E-state index in [0.29, 0.717) is 12.4 Å². The van der Waals surface area contributed by atoms with Crippen LogP contribution in [0.1, 0.15) is 39.5 Å². The number of halogens is 1. The van der Waals surface area contributed by atoms with E-state index in [1.807, 2.05) is 13.8 Å². The second-order valence-electron chi connectivity index (χ2n) is 4.17. The molecule has 0 aliphatic heterocycles. The number of hydrogen-bond acceptors (Lipinski definition) is 2. The molecule has 0 aliphatic carbocycles. The van der Waals surface area contributed by atoms with Gasteiger partial charge in [0.2, 0.25) is 10.0 Å². The predicted molar refractivity (Wildman–Crippen MR) is 65.8 cm³/mol. The summed E-state index contributed by atoms with van der Waals surface area (Å²) in [5.41, 5.74) is 0. The van der Waals surface area contributed by atoms with Gasteiger partial charge in [0.1, 0.15) is 0 Å². The molecule has 5 heteroatoms. The minimum Gasteiger partial charge on any atom is -0.215 e. The Morgan fingerprint density at radius 2 is 1.73 bits per heavy atom. The normalized spacial score (nSPS) is 12.3. The fraction of sp³-hybridized carbons (Fsp3) is 1.00. The molecule has 1 N–H and O–H groups in total. The Hall–Kier alpha value is 0.200. The number of unbranched alkanes of at least 4 members (excludes halogenated alkanes) is 3. The molecule has 92 valence electrons. The first kappa shape index (κ1) is 15.2.